The third-order valence-corrected chi connectivity index (χ3v) is 8.59. The first-order valence-electron chi connectivity index (χ1n) is 13.2. The molecule has 2 aromatic carbocycles. The van der Waals surface area contributed by atoms with Crippen LogP contribution in [0.2, 0.25) is 0 Å². The second-order valence-corrected chi connectivity index (χ2v) is 16.6. The van der Waals surface area contributed by atoms with Gasteiger partial charge in [0.25, 0.3) is 0 Å². The minimum absolute atomic E-state index is 0.00990. The normalized spacial score (nSPS) is 14.1. The molecule has 0 bridgehead atoms. The van der Waals surface area contributed by atoms with Crippen LogP contribution in [-0.4, -0.2) is 12.0 Å². The van der Waals surface area contributed by atoms with E-state index in [9.17, 15) is 4.89 Å². The summed E-state index contributed by atoms with van der Waals surface area (Å²) >= 11 is 0. The minimum atomic E-state index is -2.18. The van der Waals surface area contributed by atoms with Crippen molar-refractivity contribution in [2.75, 3.05) is 7.11 Å². The van der Waals surface area contributed by atoms with Gasteiger partial charge in [-0.05, 0) is 57.8 Å². The Morgan fingerprint density at radius 1 is 0.579 bits per heavy atom. The Labute approximate surface area is 234 Å². The first kappa shape index (κ1) is 33.0. The molecule has 38 heavy (non-hydrogen) atoms. The topological polar surface area (TPSA) is 57.2 Å². The van der Waals surface area contributed by atoms with E-state index >= 15 is 0 Å². The molecule has 214 valence electrons. The molecular weight excluding hydrogens is 514 g/mol. The van der Waals surface area contributed by atoms with Gasteiger partial charge in [-0.2, -0.15) is 0 Å². The SMILES string of the molecule is COP(O)OP(Oc1c(C)cc(C(C)(C)C)cc1C(C)(C)C)Oc1c(C)cc(C(C)(C)C)cc1C(C)(C)C. The average molecular weight is 565 g/mol. The Morgan fingerprint density at radius 2 is 0.921 bits per heavy atom. The molecule has 5 nitrogen and oxygen atoms in total. The number of rotatable bonds is 7. The van der Waals surface area contributed by atoms with E-state index in [2.05, 4.69) is 121 Å². The van der Waals surface area contributed by atoms with E-state index in [0.29, 0.717) is 0 Å². The quantitative estimate of drug-likeness (QED) is 0.339. The van der Waals surface area contributed by atoms with Crippen LogP contribution >= 0.6 is 17.2 Å². The Bertz CT molecular complexity index is 1030. The van der Waals surface area contributed by atoms with Gasteiger partial charge in [-0.15, -0.1) is 0 Å². The standard InChI is InChI=1S/C31H50O5P2/c1-20-16-22(28(3,4)5)18-24(30(9,10)11)26(20)34-38(36-37(32)33-15)35-27-21(2)17-23(29(6,7)8)19-25(27)31(12,13)14/h16-19,32H,1-15H3. The maximum Gasteiger partial charge on any atom is 0.470 e. The Morgan fingerprint density at radius 3 is 1.18 bits per heavy atom. The lowest BCUT2D eigenvalue weighted by Gasteiger charge is -2.31. The molecule has 0 aromatic heterocycles. The lowest BCUT2D eigenvalue weighted by molar-refractivity contribution is 0.293. The largest absolute Gasteiger partial charge is 0.470 e. The maximum absolute atomic E-state index is 10.4. The van der Waals surface area contributed by atoms with Crippen molar-refractivity contribution >= 4 is 17.2 Å². The van der Waals surface area contributed by atoms with Crippen molar-refractivity contribution in [3.8, 4) is 11.5 Å². The van der Waals surface area contributed by atoms with Crippen LogP contribution in [0, 0.1) is 13.8 Å². The van der Waals surface area contributed by atoms with Crippen LogP contribution in [0.4, 0.5) is 0 Å². The van der Waals surface area contributed by atoms with Crippen molar-refractivity contribution in [3.63, 3.8) is 0 Å². The summed E-state index contributed by atoms with van der Waals surface area (Å²) in [5.74, 6) is 1.44. The van der Waals surface area contributed by atoms with Gasteiger partial charge in [0.05, 0.1) is 0 Å². The summed E-state index contributed by atoms with van der Waals surface area (Å²) in [6.07, 6.45) is 0. The second kappa shape index (κ2) is 11.7. The third-order valence-electron chi connectivity index (χ3n) is 6.52. The van der Waals surface area contributed by atoms with E-state index in [0.717, 1.165) is 33.8 Å². The molecule has 0 aliphatic rings. The summed E-state index contributed by atoms with van der Waals surface area (Å²) in [5, 5.41) is 0. The van der Waals surface area contributed by atoms with Crippen molar-refractivity contribution < 1.29 is 22.8 Å². The van der Waals surface area contributed by atoms with E-state index in [4.69, 9.17) is 17.9 Å². The van der Waals surface area contributed by atoms with Gasteiger partial charge < -0.3 is 18.5 Å². The highest BCUT2D eigenvalue weighted by Crippen LogP contribution is 2.56. The van der Waals surface area contributed by atoms with Crippen LogP contribution in [0.15, 0.2) is 24.3 Å². The highest BCUT2D eigenvalue weighted by Gasteiger charge is 2.33. The van der Waals surface area contributed by atoms with Crippen LogP contribution in [0.3, 0.4) is 0 Å². The molecule has 0 amide bonds. The van der Waals surface area contributed by atoms with Gasteiger partial charge in [-0.3, -0.25) is 0 Å². The summed E-state index contributed by atoms with van der Waals surface area (Å²) in [6.45, 7) is 30.4. The zero-order valence-electron chi connectivity index (χ0n) is 26.3. The average Bonchev–Trinajstić information content (AvgIpc) is 2.72. The van der Waals surface area contributed by atoms with Gasteiger partial charge in [0.15, 0.2) is 0 Å². The molecule has 0 radical (unpaired) electrons. The van der Waals surface area contributed by atoms with Gasteiger partial charge in [-0.1, -0.05) is 107 Å². The van der Waals surface area contributed by atoms with Crippen molar-refractivity contribution in [3.05, 3.63) is 57.6 Å². The Kier molecular flexibility index (Phi) is 10.2. The van der Waals surface area contributed by atoms with Crippen LogP contribution in [0.25, 0.3) is 0 Å². The number of hydrogen-bond acceptors (Lipinski definition) is 5. The zero-order valence-corrected chi connectivity index (χ0v) is 28.1. The van der Waals surface area contributed by atoms with E-state index in [-0.39, 0.29) is 21.7 Å². The molecular formula is C31H50O5P2. The molecule has 1 N–H and O–H groups in total. The van der Waals surface area contributed by atoms with Crippen molar-refractivity contribution in [1.29, 1.82) is 0 Å². The Balaban J connectivity index is 2.69. The molecule has 0 aliphatic carbocycles. The number of benzene rings is 2. The molecule has 0 aliphatic heterocycles. The molecule has 1 unspecified atom stereocenters. The molecule has 0 fully saturated rings. The maximum atomic E-state index is 10.4. The van der Waals surface area contributed by atoms with Crippen LogP contribution < -0.4 is 9.05 Å². The molecule has 7 heteroatoms. The van der Waals surface area contributed by atoms with Gasteiger partial charge >= 0.3 is 17.2 Å². The highest BCUT2D eigenvalue weighted by molar-refractivity contribution is 7.55. The molecule has 1 atom stereocenters. The zero-order chi connectivity index (χ0) is 29.4. The number of hydrogen-bond donors (Lipinski definition) is 1. The summed E-state index contributed by atoms with van der Waals surface area (Å²) < 4.78 is 24.1. The molecule has 0 saturated carbocycles. The lowest BCUT2D eigenvalue weighted by Crippen LogP contribution is -2.19. The van der Waals surface area contributed by atoms with E-state index in [1.54, 1.807) is 0 Å². The molecule has 0 heterocycles. The first-order chi connectivity index (χ1) is 17.1. The van der Waals surface area contributed by atoms with Gasteiger partial charge in [0.2, 0.25) is 0 Å². The third kappa shape index (κ3) is 8.39. The van der Waals surface area contributed by atoms with Gasteiger partial charge in [0, 0.05) is 18.2 Å². The van der Waals surface area contributed by atoms with Crippen molar-refractivity contribution in [2.45, 2.75) is 119 Å². The fourth-order valence-electron chi connectivity index (χ4n) is 4.06. The first-order valence-corrected chi connectivity index (χ1v) is 15.5. The molecule has 0 saturated heterocycles. The van der Waals surface area contributed by atoms with Crippen LogP contribution in [0.1, 0.15) is 116 Å². The van der Waals surface area contributed by atoms with Gasteiger partial charge in [0.1, 0.15) is 11.5 Å². The molecule has 2 aromatic rings. The number of aryl methyl sites for hydroxylation is 2. The summed E-state index contributed by atoms with van der Waals surface area (Å²) in [6, 6.07) is 8.77. The van der Waals surface area contributed by atoms with Crippen LogP contribution in [0.5, 0.6) is 11.5 Å². The predicted octanol–water partition coefficient (Wildman–Crippen LogP) is 10.1. The fraction of sp³-hybridized carbons (Fsp3) is 0.613. The van der Waals surface area contributed by atoms with E-state index in [1.807, 2.05) is 0 Å². The second-order valence-electron chi connectivity index (χ2n) is 14.2. The minimum Gasteiger partial charge on any atom is -0.417 e. The summed E-state index contributed by atoms with van der Waals surface area (Å²) in [4.78, 5) is 10.4. The fourth-order valence-corrected chi connectivity index (χ4v) is 5.87. The van der Waals surface area contributed by atoms with Crippen LogP contribution in [-0.2, 0) is 30.5 Å². The molecule has 2 rings (SSSR count). The van der Waals surface area contributed by atoms with Crippen molar-refractivity contribution in [2.24, 2.45) is 0 Å². The summed E-state index contributed by atoms with van der Waals surface area (Å²) in [7, 11) is -2.80. The molecule has 0 spiro atoms. The van der Waals surface area contributed by atoms with E-state index < -0.39 is 17.2 Å². The predicted molar refractivity (Wildman–Crippen MR) is 163 cm³/mol. The Hall–Kier alpha value is -1.22. The van der Waals surface area contributed by atoms with Gasteiger partial charge in [-0.25, -0.2) is 4.31 Å². The lowest BCUT2D eigenvalue weighted by atomic mass is 9.79. The van der Waals surface area contributed by atoms with E-state index in [1.165, 1.54) is 18.2 Å². The highest BCUT2D eigenvalue weighted by atomic mass is 31.2. The summed E-state index contributed by atoms with van der Waals surface area (Å²) in [5.41, 5.74) is 6.22. The van der Waals surface area contributed by atoms with Crippen molar-refractivity contribution in [1.82, 2.24) is 0 Å². The monoisotopic (exact) mass is 564 g/mol. The smallest absolute Gasteiger partial charge is 0.417 e.